The van der Waals surface area contributed by atoms with Gasteiger partial charge >= 0.3 is 0 Å². The Kier molecular flexibility index (Phi) is 9.53. The van der Waals surface area contributed by atoms with Crippen molar-refractivity contribution in [2.45, 2.75) is 0 Å². The lowest BCUT2D eigenvalue weighted by Crippen LogP contribution is -2.09. The molecule has 0 radical (unpaired) electrons. The number of rotatable bonds is 8. The first-order chi connectivity index (χ1) is 35.2. The molecule has 0 unspecified atom stereocenters. The molecule has 14 aromatic rings. The van der Waals surface area contributed by atoms with Crippen molar-refractivity contribution in [2.75, 3.05) is 4.90 Å². The molecule has 0 aliphatic carbocycles. The summed E-state index contributed by atoms with van der Waals surface area (Å²) in [7, 11) is 0. The normalized spacial score (nSPS) is 11.7. The van der Waals surface area contributed by atoms with Crippen LogP contribution in [0.2, 0.25) is 0 Å². The standard InChI is InChI=1S/C68H44N2O/c1-2-14-50-43-53(25-24-45(50)12-1)52-16-11-15-51(42-52)46-26-34-55(35-27-46)69(56-36-28-47(29-37-56)54-33-40-62-63-41-32-48-13-3-4-18-59(48)68(63)71-67(62)44-54)57-38-30-49(31-39-57)58-17-5-8-21-64(58)70-65-22-9-6-19-60(65)61-20-7-10-23-66(61)70/h1-44H. The number of para-hydroxylation sites is 3. The molecule has 12 aromatic carbocycles. The van der Waals surface area contributed by atoms with Crippen molar-refractivity contribution in [2.24, 2.45) is 0 Å². The van der Waals surface area contributed by atoms with Crippen LogP contribution in [0.25, 0.3) is 115 Å². The van der Waals surface area contributed by atoms with Gasteiger partial charge in [0.25, 0.3) is 0 Å². The predicted molar refractivity (Wildman–Crippen MR) is 299 cm³/mol. The molecule has 0 atom stereocenters. The summed E-state index contributed by atoms with van der Waals surface area (Å²) in [6.07, 6.45) is 0. The van der Waals surface area contributed by atoms with Crippen LogP contribution in [0.15, 0.2) is 271 Å². The molecule has 14 rings (SSSR count). The molecule has 0 spiro atoms. The SMILES string of the molecule is c1cc(-c2ccc(N(c3ccc(-c4ccc5c(c4)oc4c6ccccc6ccc54)cc3)c3ccc(-c4ccccc4-n4c5ccccc5c5ccccc54)cc3)cc2)cc(-c2ccc3ccccc3c2)c1. The second kappa shape index (κ2) is 16.7. The monoisotopic (exact) mass is 904 g/mol. The fourth-order valence-electron chi connectivity index (χ4n) is 10.9. The summed E-state index contributed by atoms with van der Waals surface area (Å²) in [6, 6.07) is 96.7. The second-order valence-corrected chi connectivity index (χ2v) is 18.5. The number of fused-ring (bicyclic) bond motifs is 9. The zero-order valence-corrected chi connectivity index (χ0v) is 38.7. The van der Waals surface area contributed by atoms with Gasteiger partial charge in [0.2, 0.25) is 0 Å². The average molecular weight is 905 g/mol. The molecule has 3 nitrogen and oxygen atoms in total. The number of hydrogen-bond acceptors (Lipinski definition) is 2. The molecule has 71 heavy (non-hydrogen) atoms. The summed E-state index contributed by atoms with van der Waals surface area (Å²) in [5, 5.41) is 9.58. The summed E-state index contributed by atoms with van der Waals surface area (Å²) in [5.74, 6) is 0. The van der Waals surface area contributed by atoms with Crippen molar-refractivity contribution in [1.29, 1.82) is 0 Å². The van der Waals surface area contributed by atoms with Crippen LogP contribution in [0.3, 0.4) is 0 Å². The van der Waals surface area contributed by atoms with Crippen LogP contribution in [0, 0.1) is 0 Å². The minimum absolute atomic E-state index is 0.891. The Hall–Kier alpha value is -9.44. The fraction of sp³-hybridized carbons (Fsp3) is 0. The Morgan fingerprint density at radius 2 is 0.761 bits per heavy atom. The van der Waals surface area contributed by atoms with Crippen LogP contribution in [0.1, 0.15) is 0 Å². The molecular formula is C68H44N2O. The summed E-state index contributed by atoms with van der Waals surface area (Å²) in [5.41, 5.74) is 17.9. The van der Waals surface area contributed by atoms with Gasteiger partial charge in [-0.2, -0.15) is 0 Å². The summed E-state index contributed by atoms with van der Waals surface area (Å²) in [4.78, 5) is 2.36. The van der Waals surface area contributed by atoms with Crippen molar-refractivity contribution in [3.05, 3.63) is 267 Å². The average Bonchev–Trinajstić information content (AvgIpc) is 3.99. The Morgan fingerprint density at radius 3 is 1.45 bits per heavy atom. The lowest BCUT2D eigenvalue weighted by atomic mass is 9.97. The first-order valence-corrected chi connectivity index (χ1v) is 24.3. The Labute approximate surface area is 411 Å². The highest BCUT2D eigenvalue weighted by Crippen LogP contribution is 2.42. The molecule has 0 aliphatic rings. The van der Waals surface area contributed by atoms with Gasteiger partial charge in [-0.25, -0.2) is 0 Å². The minimum Gasteiger partial charge on any atom is -0.455 e. The van der Waals surface area contributed by atoms with E-state index >= 15 is 0 Å². The molecule has 0 saturated carbocycles. The van der Waals surface area contributed by atoms with Gasteiger partial charge in [0.15, 0.2) is 0 Å². The van der Waals surface area contributed by atoms with E-state index in [0.29, 0.717) is 0 Å². The number of hydrogen-bond donors (Lipinski definition) is 0. The lowest BCUT2D eigenvalue weighted by Gasteiger charge is -2.26. The Balaban J connectivity index is 0.839. The quantitative estimate of drug-likeness (QED) is 0.151. The molecule has 332 valence electrons. The van der Waals surface area contributed by atoms with E-state index in [1.807, 2.05) is 0 Å². The molecule has 0 aliphatic heterocycles. The van der Waals surface area contributed by atoms with Crippen LogP contribution < -0.4 is 4.90 Å². The molecule has 0 bridgehead atoms. The zero-order chi connectivity index (χ0) is 46.8. The van der Waals surface area contributed by atoms with Crippen molar-refractivity contribution in [3.63, 3.8) is 0 Å². The minimum atomic E-state index is 0.891. The van der Waals surface area contributed by atoms with E-state index in [4.69, 9.17) is 4.42 Å². The van der Waals surface area contributed by atoms with Crippen LogP contribution in [-0.4, -0.2) is 4.57 Å². The van der Waals surface area contributed by atoms with Gasteiger partial charge in [0.05, 0.1) is 16.7 Å². The van der Waals surface area contributed by atoms with Gasteiger partial charge in [0, 0.05) is 49.6 Å². The lowest BCUT2D eigenvalue weighted by molar-refractivity contribution is 0.673. The van der Waals surface area contributed by atoms with Gasteiger partial charge in [0.1, 0.15) is 11.2 Å². The summed E-state index contributed by atoms with van der Waals surface area (Å²) < 4.78 is 9.00. The highest BCUT2D eigenvalue weighted by Gasteiger charge is 2.18. The van der Waals surface area contributed by atoms with Gasteiger partial charge in [-0.1, -0.05) is 182 Å². The first-order valence-electron chi connectivity index (χ1n) is 24.3. The Morgan fingerprint density at radius 1 is 0.282 bits per heavy atom. The van der Waals surface area contributed by atoms with Crippen molar-refractivity contribution < 1.29 is 4.42 Å². The van der Waals surface area contributed by atoms with Crippen molar-refractivity contribution in [3.8, 4) is 50.2 Å². The molecule has 3 heteroatoms. The van der Waals surface area contributed by atoms with Crippen LogP contribution in [0.4, 0.5) is 17.1 Å². The topological polar surface area (TPSA) is 21.3 Å². The number of benzene rings is 12. The third-order valence-corrected chi connectivity index (χ3v) is 14.4. The number of nitrogens with zero attached hydrogens (tertiary/aromatic N) is 2. The molecule has 0 saturated heterocycles. The molecular weight excluding hydrogens is 861 g/mol. The molecule has 0 fully saturated rings. The fourth-order valence-corrected chi connectivity index (χ4v) is 10.9. The van der Waals surface area contributed by atoms with Crippen LogP contribution in [0.5, 0.6) is 0 Å². The molecule has 2 heterocycles. The van der Waals surface area contributed by atoms with Crippen LogP contribution in [-0.2, 0) is 0 Å². The zero-order valence-electron chi connectivity index (χ0n) is 38.7. The number of aromatic nitrogens is 1. The first kappa shape index (κ1) is 40.6. The summed E-state index contributed by atoms with van der Waals surface area (Å²) >= 11 is 0. The number of furan rings is 1. The van der Waals surface area contributed by atoms with Crippen molar-refractivity contribution in [1.82, 2.24) is 4.57 Å². The van der Waals surface area contributed by atoms with Gasteiger partial charge in [-0.3, -0.25) is 0 Å². The maximum atomic E-state index is 6.59. The smallest absolute Gasteiger partial charge is 0.143 e. The molecule has 0 amide bonds. The third kappa shape index (κ3) is 6.97. The van der Waals surface area contributed by atoms with E-state index in [-0.39, 0.29) is 0 Å². The highest BCUT2D eigenvalue weighted by atomic mass is 16.3. The van der Waals surface area contributed by atoms with Gasteiger partial charge in [-0.05, 0) is 140 Å². The molecule has 0 N–H and O–H groups in total. The van der Waals surface area contributed by atoms with Gasteiger partial charge in [-0.15, -0.1) is 0 Å². The van der Waals surface area contributed by atoms with Gasteiger partial charge < -0.3 is 13.9 Å². The van der Waals surface area contributed by atoms with Crippen LogP contribution >= 0.6 is 0 Å². The third-order valence-electron chi connectivity index (χ3n) is 14.4. The van der Waals surface area contributed by atoms with E-state index in [9.17, 15) is 0 Å². The largest absolute Gasteiger partial charge is 0.455 e. The van der Waals surface area contributed by atoms with E-state index in [1.165, 1.54) is 60.2 Å². The predicted octanol–water partition coefficient (Wildman–Crippen LogP) is 19.1. The second-order valence-electron chi connectivity index (χ2n) is 18.5. The Bertz CT molecular complexity index is 4280. The van der Waals surface area contributed by atoms with Crippen molar-refractivity contribution >= 4 is 82.4 Å². The maximum Gasteiger partial charge on any atom is 0.143 e. The van der Waals surface area contributed by atoms with E-state index in [1.54, 1.807) is 0 Å². The summed E-state index contributed by atoms with van der Waals surface area (Å²) in [6.45, 7) is 0. The maximum absolute atomic E-state index is 6.59. The molecule has 2 aromatic heterocycles. The van der Waals surface area contributed by atoms with E-state index in [0.717, 1.165) is 72.3 Å². The van der Waals surface area contributed by atoms with E-state index < -0.39 is 0 Å². The number of anilines is 3. The highest BCUT2D eigenvalue weighted by molar-refractivity contribution is 6.15. The van der Waals surface area contributed by atoms with E-state index in [2.05, 4.69) is 276 Å².